The lowest BCUT2D eigenvalue weighted by Gasteiger charge is -2.06. The van der Waals surface area contributed by atoms with Gasteiger partial charge in [-0.3, -0.25) is 0 Å². The molecular weight excluding hydrogens is 420 g/mol. The van der Waals surface area contributed by atoms with E-state index in [1.165, 1.54) is 24.3 Å². The van der Waals surface area contributed by atoms with Gasteiger partial charge in [0.25, 0.3) is 0 Å². The second-order valence-corrected chi connectivity index (χ2v) is 6.79. The van der Waals surface area contributed by atoms with E-state index in [0.29, 0.717) is 23.5 Å². The highest BCUT2D eigenvalue weighted by atomic mass is 16.5. The molecule has 0 aliphatic carbocycles. The summed E-state index contributed by atoms with van der Waals surface area (Å²) in [5.41, 5.74) is 0.752. The molecule has 0 bridgehead atoms. The zero-order valence-corrected chi connectivity index (χ0v) is 18.5. The minimum atomic E-state index is -0.826. The summed E-state index contributed by atoms with van der Waals surface area (Å²) in [6, 6.07) is 16.9. The van der Waals surface area contributed by atoms with E-state index in [0.717, 1.165) is 12.8 Å². The van der Waals surface area contributed by atoms with Gasteiger partial charge in [0.1, 0.15) is 34.8 Å². The lowest BCUT2D eigenvalue weighted by Crippen LogP contribution is -2.10. The van der Waals surface area contributed by atoms with Crippen molar-refractivity contribution in [3.63, 3.8) is 0 Å². The van der Waals surface area contributed by atoms with Crippen molar-refractivity contribution < 1.29 is 23.8 Å². The van der Waals surface area contributed by atoms with Gasteiger partial charge in [-0.2, -0.15) is 10.5 Å². The van der Waals surface area contributed by atoms with Crippen molar-refractivity contribution in [3.8, 4) is 23.6 Å². The Morgan fingerprint density at radius 2 is 1.55 bits per heavy atom. The largest absolute Gasteiger partial charge is 0.494 e. The number of hydrogen-bond donors (Lipinski definition) is 0. The molecule has 0 unspecified atom stereocenters. The molecule has 2 aromatic rings. The molecule has 0 fully saturated rings. The fourth-order valence-corrected chi connectivity index (χ4v) is 2.64. The van der Waals surface area contributed by atoms with Crippen molar-refractivity contribution >= 4 is 24.1 Å². The Morgan fingerprint density at radius 3 is 2.18 bits per heavy atom. The number of carbonyl (C=O) groups excluding carboxylic acids is 2. The lowest BCUT2D eigenvalue weighted by atomic mass is 10.1. The van der Waals surface area contributed by atoms with Crippen LogP contribution in [0, 0.1) is 22.7 Å². The van der Waals surface area contributed by atoms with Gasteiger partial charge < -0.3 is 14.2 Å². The van der Waals surface area contributed by atoms with Gasteiger partial charge in [0.15, 0.2) is 0 Å². The van der Waals surface area contributed by atoms with E-state index >= 15 is 0 Å². The van der Waals surface area contributed by atoms with Gasteiger partial charge in [-0.05, 0) is 60.9 Å². The predicted octanol–water partition coefficient (Wildman–Crippen LogP) is 4.85. The van der Waals surface area contributed by atoms with Crippen LogP contribution < -0.4 is 9.47 Å². The Labute approximate surface area is 193 Å². The van der Waals surface area contributed by atoms with Crippen molar-refractivity contribution in [1.82, 2.24) is 0 Å². The molecule has 2 aromatic carbocycles. The third-order valence-electron chi connectivity index (χ3n) is 4.29. The third-order valence-corrected chi connectivity index (χ3v) is 4.29. The van der Waals surface area contributed by atoms with Crippen LogP contribution in [0.5, 0.6) is 11.5 Å². The molecule has 0 N–H and O–H groups in total. The Bertz CT molecular complexity index is 1120. The summed E-state index contributed by atoms with van der Waals surface area (Å²) in [5.74, 6) is -0.687. The zero-order valence-electron chi connectivity index (χ0n) is 18.5. The standard InChI is InChI=1S/C26H24N2O5/c1-3-5-13-32-23-11-9-19(10-12-23)14-22(18-28)26(30)33-24-8-6-7-20(16-24)15-21(17-27)25(29)31-4-2/h6-12,14-16H,3-5,13H2,1-2H3. The number of rotatable bonds is 10. The number of esters is 2. The molecule has 168 valence electrons. The maximum atomic E-state index is 12.5. The van der Waals surface area contributed by atoms with Gasteiger partial charge in [0, 0.05) is 0 Å². The van der Waals surface area contributed by atoms with E-state index in [1.807, 2.05) is 6.07 Å². The first-order valence-electron chi connectivity index (χ1n) is 10.5. The second kappa shape index (κ2) is 13.1. The molecule has 7 nitrogen and oxygen atoms in total. The van der Waals surface area contributed by atoms with Gasteiger partial charge in [-0.15, -0.1) is 0 Å². The summed E-state index contributed by atoms with van der Waals surface area (Å²) in [4.78, 5) is 24.3. The molecule has 0 heterocycles. The van der Waals surface area contributed by atoms with E-state index in [1.54, 1.807) is 49.4 Å². The van der Waals surface area contributed by atoms with E-state index in [2.05, 4.69) is 6.92 Å². The Morgan fingerprint density at radius 1 is 0.879 bits per heavy atom. The van der Waals surface area contributed by atoms with Crippen LogP contribution in [0.2, 0.25) is 0 Å². The Hall–Kier alpha value is -4.36. The number of ether oxygens (including phenoxy) is 3. The van der Waals surface area contributed by atoms with Crippen LogP contribution in [0.3, 0.4) is 0 Å². The fourth-order valence-electron chi connectivity index (χ4n) is 2.64. The summed E-state index contributed by atoms with van der Waals surface area (Å²) >= 11 is 0. The molecule has 0 amide bonds. The molecule has 0 radical (unpaired) electrons. The van der Waals surface area contributed by atoms with Crippen LogP contribution in [-0.4, -0.2) is 25.2 Å². The van der Waals surface area contributed by atoms with Crippen molar-refractivity contribution in [2.24, 2.45) is 0 Å². The topological polar surface area (TPSA) is 109 Å². The van der Waals surface area contributed by atoms with Crippen molar-refractivity contribution in [2.45, 2.75) is 26.7 Å². The quantitative estimate of drug-likeness (QED) is 0.169. The SMILES string of the molecule is CCCCOc1ccc(C=C(C#N)C(=O)Oc2cccc(C=C(C#N)C(=O)OCC)c2)cc1. The van der Waals surface area contributed by atoms with Gasteiger partial charge in [0.05, 0.1) is 13.2 Å². The lowest BCUT2D eigenvalue weighted by molar-refractivity contribution is -0.138. The van der Waals surface area contributed by atoms with E-state index < -0.39 is 11.9 Å². The normalized spacial score (nSPS) is 11.2. The summed E-state index contributed by atoms with van der Waals surface area (Å²) in [7, 11) is 0. The average Bonchev–Trinajstić information content (AvgIpc) is 2.82. The predicted molar refractivity (Wildman–Crippen MR) is 123 cm³/mol. The highest BCUT2D eigenvalue weighted by Crippen LogP contribution is 2.19. The molecule has 0 aliphatic rings. The Kier molecular flexibility index (Phi) is 9.92. The Balaban J connectivity index is 2.13. The summed E-state index contributed by atoms with van der Waals surface area (Å²) < 4.78 is 15.7. The minimum Gasteiger partial charge on any atom is -0.494 e. The maximum Gasteiger partial charge on any atom is 0.354 e. The number of nitriles is 2. The molecule has 0 spiro atoms. The molecule has 0 aliphatic heterocycles. The molecule has 0 saturated heterocycles. The number of benzene rings is 2. The third kappa shape index (κ3) is 8.01. The molecule has 7 heteroatoms. The molecule has 0 saturated carbocycles. The van der Waals surface area contributed by atoms with Crippen LogP contribution >= 0.6 is 0 Å². The van der Waals surface area contributed by atoms with Gasteiger partial charge in [-0.1, -0.05) is 37.6 Å². The second-order valence-electron chi connectivity index (χ2n) is 6.79. The smallest absolute Gasteiger partial charge is 0.354 e. The molecule has 0 atom stereocenters. The molecule has 33 heavy (non-hydrogen) atoms. The maximum absolute atomic E-state index is 12.5. The van der Waals surface area contributed by atoms with E-state index in [9.17, 15) is 14.9 Å². The molecular formula is C26H24N2O5. The van der Waals surface area contributed by atoms with Crippen LogP contribution in [0.4, 0.5) is 0 Å². The summed E-state index contributed by atoms with van der Waals surface area (Å²) in [6.07, 6.45) is 4.76. The van der Waals surface area contributed by atoms with Gasteiger partial charge >= 0.3 is 11.9 Å². The highest BCUT2D eigenvalue weighted by Gasteiger charge is 2.14. The van der Waals surface area contributed by atoms with Gasteiger partial charge in [0.2, 0.25) is 0 Å². The highest BCUT2D eigenvalue weighted by molar-refractivity contribution is 5.99. The monoisotopic (exact) mass is 444 g/mol. The first kappa shape index (κ1) is 24.9. The molecule has 0 aromatic heterocycles. The van der Waals surface area contributed by atoms with Crippen molar-refractivity contribution in [1.29, 1.82) is 10.5 Å². The van der Waals surface area contributed by atoms with Crippen LogP contribution in [0.25, 0.3) is 12.2 Å². The van der Waals surface area contributed by atoms with E-state index in [-0.39, 0.29) is 23.5 Å². The van der Waals surface area contributed by atoms with Crippen molar-refractivity contribution in [3.05, 3.63) is 70.8 Å². The first-order chi connectivity index (χ1) is 16.0. The summed E-state index contributed by atoms with van der Waals surface area (Å²) in [6.45, 7) is 4.50. The van der Waals surface area contributed by atoms with E-state index in [4.69, 9.17) is 19.5 Å². The first-order valence-corrected chi connectivity index (χ1v) is 10.5. The van der Waals surface area contributed by atoms with Crippen LogP contribution in [0.1, 0.15) is 37.8 Å². The van der Waals surface area contributed by atoms with Crippen LogP contribution in [-0.2, 0) is 14.3 Å². The summed E-state index contributed by atoms with van der Waals surface area (Å²) in [5, 5.41) is 18.6. The zero-order chi connectivity index (χ0) is 24.1. The molecule has 2 rings (SSSR count). The fraction of sp³-hybridized carbons (Fsp3) is 0.231. The van der Waals surface area contributed by atoms with Gasteiger partial charge in [-0.25, -0.2) is 9.59 Å². The number of carbonyl (C=O) groups is 2. The van der Waals surface area contributed by atoms with Crippen molar-refractivity contribution in [2.75, 3.05) is 13.2 Å². The number of unbranched alkanes of at least 4 members (excludes halogenated alkanes) is 1. The number of hydrogen-bond acceptors (Lipinski definition) is 7. The number of nitrogens with zero attached hydrogens (tertiary/aromatic N) is 2. The minimum absolute atomic E-state index is 0.146. The average molecular weight is 444 g/mol. The van der Waals surface area contributed by atoms with Crippen LogP contribution in [0.15, 0.2) is 59.7 Å².